The van der Waals surface area contributed by atoms with E-state index in [0.29, 0.717) is 23.9 Å². The Balaban J connectivity index is 1.44. The molecule has 154 valence electrons. The average Bonchev–Trinajstić information content (AvgIpc) is 3.36. The Bertz CT molecular complexity index is 845. The number of carbonyl (C=O) groups excluding carboxylic acids is 3. The molecule has 2 amide bonds. The molecule has 0 unspecified atom stereocenters. The third kappa shape index (κ3) is 5.47. The summed E-state index contributed by atoms with van der Waals surface area (Å²) in [5.41, 5.74) is 1.86. The number of nitrogens with one attached hydrogen (secondary N) is 1. The van der Waals surface area contributed by atoms with E-state index in [9.17, 15) is 14.4 Å². The Labute approximate surface area is 170 Å². The van der Waals surface area contributed by atoms with E-state index in [2.05, 4.69) is 19.2 Å². The van der Waals surface area contributed by atoms with Crippen molar-refractivity contribution in [1.29, 1.82) is 0 Å². The molecule has 2 atom stereocenters. The molecule has 0 radical (unpaired) electrons. The van der Waals surface area contributed by atoms with E-state index in [1.165, 1.54) is 11.8 Å². The fourth-order valence-corrected chi connectivity index (χ4v) is 3.26. The second kappa shape index (κ2) is 9.41. The van der Waals surface area contributed by atoms with Gasteiger partial charge < -0.3 is 19.4 Å². The first-order valence-corrected chi connectivity index (χ1v) is 9.82. The number of rotatable bonds is 8. The number of amides is 2. The monoisotopic (exact) mass is 398 g/mol. The summed E-state index contributed by atoms with van der Waals surface area (Å²) in [6.45, 7) is 4.48. The first-order valence-electron chi connectivity index (χ1n) is 9.82. The van der Waals surface area contributed by atoms with E-state index in [1.807, 2.05) is 24.3 Å². The first-order chi connectivity index (χ1) is 14.0. The topological polar surface area (TPSA) is 88.8 Å². The summed E-state index contributed by atoms with van der Waals surface area (Å²) in [5, 5.41) is 2.71. The van der Waals surface area contributed by atoms with Gasteiger partial charge in [-0.2, -0.15) is 0 Å². The molecule has 1 fully saturated rings. The van der Waals surface area contributed by atoms with Crippen molar-refractivity contribution in [3.8, 4) is 0 Å². The number of anilines is 1. The van der Waals surface area contributed by atoms with Gasteiger partial charge in [-0.3, -0.25) is 14.4 Å². The molecule has 29 heavy (non-hydrogen) atoms. The van der Waals surface area contributed by atoms with E-state index in [1.54, 1.807) is 17.0 Å². The number of benzene rings is 1. The standard InChI is InChI=1S/C22H26N2O5/c1-3-15(2)16-6-8-18(9-7-16)23-20(25)14-29-22(27)17-11-21(26)24(12-17)13-19-5-4-10-28-19/h4-10,15,17H,3,11-14H2,1-2H3,(H,23,25)/t15-,17-/m1/s1. The van der Waals surface area contributed by atoms with Gasteiger partial charge in [0.2, 0.25) is 5.91 Å². The Kier molecular flexibility index (Phi) is 6.69. The van der Waals surface area contributed by atoms with Crippen molar-refractivity contribution in [3.63, 3.8) is 0 Å². The number of ether oxygens (including phenoxy) is 1. The summed E-state index contributed by atoms with van der Waals surface area (Å²) >= 11 is 0. The zero-order valence-corrected chi connectivity index (χ0v) is 16.7. The molecule has 1 aromatic carbocycles. The second-order valence-electron chi connectivity index (χ2n) is 7.34. The number of nitrogens with zero attached hydrogens (tertiary/aromatic N) is 1. The lowest BCUT2D eigenvalue weighted by molar-refractivity contribution is -0.151. The molecule has 0 aliphatic carbocycles. The van der Waals surface area contributed by atoms with Crippen LogP contribution in [-0.4, -0.2) is 35.8 Å². The fourth-order valence-electron chi connectivity index (χ4n) is 3.26. The van der Waals surface area contributed by atoms with Crippen molar-refractivity contribution in [2.75, 3.05) is 18.5 Å². The Morgan fingerprint density at radius 1 is 1.28 bits per heavy atom. The first kappa shape index (κ1) is 20.6. The molecule has 2 aromatic rings. The highest BCUT2D eigenvalue weighted by Crippen LogP contribution is 2.22. The zero-order chi connectivity index (χ0) is 20.8. The maximum Gasteiger partial charge on any atom is 0.311 e. The van der Waals surface area contributed by atoms with E-state index >= 15 is 0 Å². The molecular formula is C22H26N2O5. The minimum atomic E-state index is -0.569. The van der Waals surface area contributed by atoms with E-state index in [-0.39, 0.29) is 25.5 Å². The third-order valence-corrected chi connectivity index (χ3v) is 5.20. The van der Waals surface area contributed by atoms with E-state index in [0.717, 1.165) is 6.42 Å². The van der Waals surface area contributed by atoms with Crippen LogP contribution in [-0.2, 0) is 25.7 Å². The maximum atomic E-state index is 12.2. The largest absolute Gasteiger partial charge is 0.467 e. The van der Waals surface area contributed by atoms with Crippen molar-refractivity contribution in [1.82, 2.24) is 4.90 Å². The molecule has 1 aliphatic rings. The van der Waals surface area contributed by atoms with Crippen LogP contribution >= 0.6 is 0 Å². The van der Waals surface area contributed by atoms with Crippen LogP contribution in [0.1, 0.15) is 43.9 Å². The smallest absolute Gasteiger partial charge is 0.311 e. The van der Waals surface area contributed by atoms with Crippen molar-refractivity contribution < 1.29 is 23.5 Å². The minimum Gasteiger partial charge on any atom is -0.467 e. The highest BCUT2D eigenvalue weighted by Gasteiger charge is 2.35. The molecule has 1 saturated heterocycles. The van der Waals surface area contributed by atoms with Gasteiger partial charge in [-0.15, -0.1) is 0 Å². The fraction of sp³-hybridized carbons (Fsp3) is 0.409. The van der Waals surface area contributed by atoms with Gasteiger partial charge in [-0.05, 0) is 42.2 Å². The van der Waals surface area contributed by atoms with Crippen molar-refractivity contribution >= 4 is 23.5 Å². The molecule has 7 nitrogen and oxygen atoms in total. The lowest BCUT2D eigenvalue weighted by atomic mass is 9.99. The van der Waals surface area contributed by atoms with Crippen molar-refractivity contribution in [2.24, 2.45) is 5.92 Å². The molecule has 1 N–H and O–H groups in total. The summed E-state index contributed by atoms with van der Waals surface area (Å²) in [6.07, 6.45) is 2.67. The van der Waals surface area contributed by atoms with Crippen LogP contribution in [0.4, 0.5) is 5.69 Å². The van der Waals surface area contributed by atoms with Crippen LogP contribution < -0.4 is 5.32 Å². The predicted octanol–water partition coefficient (Wildman–Crippen LogP) is 3.32. The molecule has 0 saturated carbocycles. The molecule has 7 heteroatoms. The summed E-state index contributed by atoms with van der Waals surface area (Å²) in [4.78, 5) is 38.0. The minimum absolute atomic E-state index is 0.0816. The summed E-state index contributed by atoms with van der Waals surface area (Å²) in [6, 6.07) is 11.2. The highest BCUT2D eigenvalue weighted by atomic mass is 16.5. The number of likely N-dealkylation sites (tertiary alicyclic amines) is 1. The van der Waals surface area contributed by atoms with Crippen LogP contribution in [0.25, 0.3) is 0 Å². The van der Waals surface area contributed by atoms with Crippen LogP contribution in [0.2, 0.25) is 0 Å². The number of carbonyl (C=O) groups is 3. The van der Waals surface area contributed by atoms with Gasteiger partial charge in [0.25, 0.3) is 5.91 Å². The average molecular weight is 398 g/mol. The van der Waals surface area contributed by atoms with E-state index < -0.39 is 17.8 Å². The number of esters is 1. The van der Waals surface area contributed by atoms with Gasteiger partial charge >= 0.3 is 5.97 Å². The van der Waals surface area contributed by atoms with Crippen LogP contribution in [0.5, 0.6) is 0 Å². The molecule has 0 spiro atoms. The van der Waals surface area contributed by atoms with Crippen LogP contribution in [0.15, 0.2) is 47.1 Å². The van der Waals surface area contributed by atoms with Crippen molar-refractivity contribution in [2.45, 2.75) is 39.2 Å². The number of furan rings is 1. The predicted molar refractivity (Wildman–Crippen MR) is 107 cm³/mol. The van der Waals surface area contributed by atoms with Gasteiger partial charge in [0.05, 0.1) is 18.7 Å². The number of hydrogen-bond donors (Lipinski definition) is 1. The van der Waals surface area contributed by atoms with Gasteiger partial charge in [-0.25, -0.2) is 0 Å². The van der Waals surface area contributed by atoms with Gasteiger partial charge in [-0.1, -0.05) is 26.0 Å². The lowest BCUT2D eigenvalue weighted by Gasteiger charge is -2.14. The van der Waals surface area contributed by atoms with Gasteiger partial charge in [0, 0.05) is 18.7 Å². The highest BCUT2D eigenvalue weighted by molar-refractivity contribution is 5.93. The summed E-state index contributed by atoms with van der Waals surface area (Å²) in [7, 11) is 0. The number of hydrogen-bond acceptors (Lipinski definition) is 5. The quantitative estimate of drug-likeness (QED) is 0.689. The Hall–Kier alpha value is -3.09. The molecule has 3 rings (SSSR count). The maximum absolute atomic E-state index is 12.2. The normalized spacial score (nSPS) is 17.2. The van der Waals surface area contributed by atoms with Gasteiger partial charge in [0.15, 0.2) is 6.61 Å². The third-order valence-electron chi connectivity index (χ3n) is 5.20. The van der Waals surface area contributed by atoms with Crippen LogP contribution in [0, 0.1) is 5.92 Å². The van der Waals surface area contributed by atoms with Crippen molar-refractivity contribution in [3.05, 3.63) is 54.0 Å². The molecule has 0 bridgehead atoms. The Morgan fingerprint density at radius 3 is 2.69 bits per heavy atom. The summed E-state index contributed by atoms with van der Waals surface area (Å²) in [5.74, 6) is -0.531. The lowest BCUT2D eigenvalue weighted by Crippen LogP contribution is -2.28. The zero-order valence-electron chi connectivity index (χ0n) is 16.7. The SMILES string of the molecule is CC[C@@H](C)c1ccc(NC(=O)COC(=O)[C@@H]2CC(=O)N(Cc3ccco3)C2)cc1. The van der Waals surface area contributed by atoms with E-state index in [4.69, 9.17) is 9.15 Å². The second-order valence-corrected chi connectivity index (χ2v) is 7.34. The molecule has 2 heterocycles. The molecular weight excluding hydrogens is 372 g/mol. The van der Waals surface area contributed by atoms with Crippen LogP contribution in [0.3, 0.4) is 0 Å². The summed E-state index contributed by atoms with van der Waals surface area (Å²) < 4.78 is 10.4. The Morgan fingerprint density at radius 2 is 2.03 bits per heavy atom. The molecule has 1 aliphatic heterocycles. The van der Waals surface area contributed by atoms with Gasteiger partial charge in [0.1, 0.15) is 5.76 Å². The molecule has 1 aromatic heterocycles.